The smallest absolute Gasteiger partial charge is 0.416 e. The molecule has 0 aromatic heterocycles. The predicted octanol–water partition coefficient (Wildman–Crippen LogP) is 5.22. The zero-order chi connectivity index (χ0) is 17.1. The molecule has 0 spiro atoms. The molecule has 0 saturated heterocycles. The summed E-state index contributed by atoms with van der Waals surface area (Å²) >= 11 is 3.22. The summed E-state index contributed by atoms with van der Waals surface area (Å²) in [5.41, 5.74) is -1.02. The molecule has 1 aromatic carbocycles. The van der Waals surface area contributed by atoms with Crippen molar-refractivity contribution in [1.82, 2.24) is 4.90 Å². The summed E-state index contributed by atoms with van der Waals surface area (Å²) in [4.78, 5) is 13.4. The molecular formula is C15H19BrF3NO2. The van der Waals surface area contributed by atoms with Gasteiger partial charge in [0.2, 0.25) is 0 Å². The summed E-state index contributed by atoms with van der Waals surface area (Å²) < 4.78 is 44.1. The van der Waals surface area contributed by atoms with Crippen molar-refractivity contribution in [2.45, 2.75) is 46.0 Å². The Bertz CT molecular complexity index is 539. The summed E-state index contributed by atoms with van der Waals surface area (Å²) in [6.07, 6.45) is -4.97. The zero-order valence-electron chi connectivity index (χ0n) is 12.9. The summed E-state index contributed by atoms with van der Waals surface area (Å²) in [5.74, 6) is 0. The molecule has 7 heteroatoms. The van der Waals surface area contributed by atoms with Crippen molar-refractivity contribution in [3.8, 4) is 0 Å². The van der Waals surface area contributed by atoms with Crippen LogP contribution in [-0.4, -0.2) is 23.1 Å². The standard InChI is InChI=1S/C15H19BrF3NO2/c1-5-20(13(21)22-14(2,3)4)9-10-8-11(15(17,18)19)6-7-12(10)16/h6-8H,5,9H2,1-4H3. The van der Waals surface area contributed by atoms with Crippen LogP contribution in [0.5, 0.6) is 0 Å². The van der Waals surface area contributed by atoms with Crippen molar-refractivity contribution in [1.29, 1.82) is 0 Å². The largest absolute Gasteiger partial charge is 0.444 e. The van der Waals surface area contributed by atoms with Crippen LogP contribution in [0.2, 0.25) is 0 Å². The summed E-state index contributed by atoms with van der Waals surface area (Å²) in [5, 5.41) is 0. The third-order valence-corrected chi connectivity index (χ3v) is 3.54. The number of carbonyl (C=O) groups is 1. The van der Waals surface area contributed by atoms with E-state index in [1.54, 1.807) is 27.7 Å². The molecular weight excluding hydrogens is 363 g/mol. The number of hydrogen-bond donors (Lipinski definition) is 0. The van der Waals surface area contributed by atoms with Gasteiger partial charge in [-0.3, -0.25) is 0 Å². The van der Waals surface area contributed by atoms with Crippen LogP contribution in [0.4, 0.5) is 18.0 Å². The van der Waals surface area contributed by atoms with Gasteiger partial charge in [-0.2, -0.15) is 13.2 Å². The SMILES string of the molecule is CCN(Cc1cc(C(F)(F)F)ccc1Br)C(=O)OC(C)(C)C. The second-order valence-corrected chi connectivity index (χ2v) is 6.65. The van der Waals surface area contributed by atoms with Crippen LogP contribution in [0.1, 0.15) is 38.8 Å². The highest BCUT2D eigenvalue weighted by molar-refractivity contribution is 9.10. The average molecular weight is 382 g/mol. The van der Waals surface area contributed by atoms with Gasteiger partial charge in [-0.05, 0) is 51.5 Å². The third-order valence-electron chi connectivity index (χ3n) is 2.77. The molecule has 0 aliphatic carbocycles. The van der Waals surface area contributed by atoms with Crippen molar-refractivity contribution in [3.05, 3.63) is 33.8 Å². The van der Waals surface area contributed by atoms with E-state index in [1.807, 2.05) is 0 Å². The highest BCUT2D eigenvalue weighted by atomic mass is 79.9. The fraction of sp³-hybridized carbons (Fsp3) is 0.533. The van der Waals surface area contributed by atoms with Crippen LogP contribution >= 0.6 is 15.9 Å². The Hall–Kier alpha value is -1.24. The molecule has 0 saturated carbocycles. The number of halogens is 4. The quantitative estimate of drug-likeness (QED) is 0.717. The van der Waals surface area contributed by atoms with Gasteiger partial charge >= 0.3 is 12.3 Å². The minimum Gasteiger partial charge on any atom is -0.444 e. The van der Waals surface area contributed by atoms with Crippen LogP contribution in [0.25, 0.3) is 0 Å². The molecule has 1 aromatic rings. The highest BCUT2D eigenvalue weighted by Gasteiger charge is 2.31. The molecule has 1 amide bonds. The maximum absolute atomic E-state index is 12.8. The Kier molecular flexibility index (Phi) is 5.89. The van der Waals surface area contributed by atoms with Crippen molar-refractivity contribution in [2.75, 3.05) is 6.54 Å². The van der Waals surface area contributed by atoms with Gasteiger partial charge in [0.25, 0.3) is 0 Å². The Morgan fingerprint density at radius 2 is 1.86 bits per heavy atom. The fourth-order valence-electron chi connectivity index (χ4n) is 1.71. The van der Waals surface area contributed by atoms with Gasteiger partial charge in [0.05, 0.1) is 12.1 Å². The molecule has 0 atom stereocenters. The minimum absolute atomic E-state index is 0.0376. The zero-order valence-corrected chi connectivity index (χ0v) is 14.5. The average Bonchev–Trinajstić information content (AvgIpc) is 2.34. The summed E-state index contributed by atoms with van der Waals surface area (Å²) in [6.45, 7) is 7.32. The second-order valence-electron chi connectivity index (χ2n) is 5.80. The van der Waals surface area contributed by atoms with E-state index < -0.39 is 23.4 Å². The van der Waals surface area contributed by atoms with Crippen molar-refractivity contribution in [2.24, 2.45) is 0 Å². The van der Waals surface area contributed by atoms with Crippen molar-refractivity contribution < 1.29 is 22.7 Å². The third kappa shape index (κ3) is 5.51. The number of ether oxygens (including phenoxy) is 1. The summed E-state index contributed by atoms with van der Waals surface area (Å²) in [6, 6.07) is 3.37. The van der Waals surface area contributed by atoms with E-state index >= 15 is 0 Å². The Morgan fingerprint density at radius 3 is 2.32 bits per heavy atom. The molecule has 0 bridgehead atoms. The van der Waals surface area contributed by atoms with Gasteiger partial charge in [-0.15, -0.1) is 0 Å². The monoisotopic (exact) mass is 381 g/mol. The van der Waals surface area contributed by atoms with Gasteiger partial charge in [-0.25, -0.2) is 4.79 Å². The van der Waals surface area contributed by atoms with E-state index in [2.05, 4.69) is 15.9 Å². The molecule has 0 N–H and O–H groups in total. The topological polar surface area (TPSA) is 29.5 Å². The van der Waals surface area contributed by atoms with E-state index in [9.17, 15) is 18.0 Å². The number of amides is 1. The Labute approximate surface area is 136 Å². The maximum atomic E-state index is 12.8. The van der Waals surface area contributed by atoms with Crippen molar-refractivity contribution >= 4 is 22.0 Å². The first-order valence-corrected chi connectivity index (χ1v) is 7.57. The molecule has 0 aliphatic heterocycles. The normalized spacial score (nSPS) is 12.2. The Balaban J connectivity index is 2.98. The lowest BCUT2D eigenvalue weighted by Crippen LogP contribution is -2.36. The van der Waals surface area contributed by atoms with Gasteiger partial charge in [0.15, 0.2) is 0 Å². The molecule has 0 radical (unpaired) electrons. The van der Waals surface area contributed by atoms with Crippen LogP contribution in [0, 0.1) is 0 Å². The number of alkyl halides is 3. The highest BCUT2D eigenvalue weighted by Crippen LogP contribution is 2.32. The van der Waals surface area contributed by atoms with E-state index in [0.29, 0.717) is 16.6 Å². The summed E-state index contributed by atoms with van der Waals surface area (Å²) in [7, 11) is 0. The molecule has 3 nitrogen and oxygen atoms in total. The fourth-order valence-corrected chi connectivity index (χ4v) is 2.08. The lowest BCUT2D eigenvalue weighted by molar-refractivity contribution is -0.137. The number of rotatable bonds is 3. The number of benzene rings is 1. The van der Waals surface area contributed by atoms with Crippen LogP contribution in [-0.2, 0) is 17.5 Å². The molecule has 0 heterocycles. The van der Waals surface area contributed by atoms with Gasteiger partial charge < -0.3 is 9.64 Å². The van der Waals surface area contributed by atoms with Crippen LogP contribution in [0.3, 0.4) is 0 Å². The minimum atomic E-state index is -4.42. The van der Waals surface area contributed by atoms with Crippen molar-refractivity contribution in [3.63, 3.8) is 0 Å². The first kappa shape index (κ1) is 18.8. The molecule has 1 rings (SSSR count). The second kappa shape index (κ2) is 6.89. The van der Waals surface area contributed by atoms with E-state index in [-0.39, 0.29) is 6.54 Å². The molecule has 22 heavy (non-hydrogen) atoms. The number of hydrogen-bond acceptors (Lipinski definition) is 2. The lowest BCUT2D eigenvalue weighted by atomic mass is 10.1. The van der Waals surface area contributed by atoms with Gasteiger partial charge in [0, 0.05) is 11.0 Å². The predicted molar refractivity (Wildman–Crippen MR) is 81.5 cm³/mol. The molecule has 0 fully saturated rings. The van der Waals surface area contributed by atoms with E-state index in [0.717, 1.165) is 12.1 Å². The van der Waals surface area contributed by atoms with E-state index in [1.165, 1.54) is 11.0 Å². The molecule has 0 unspecified atom stereocenters. The maximum Gasteiger partial charge on any atom is 0.416 e. The Morgan fingerprint density at radius 1 is 1.27 bits per heavy atom. The molecule has 0 aliphatic rings. The van der Waals surface area contributed by atoms with Crippen LogP contribution < -0.4 is 0 Å². The lowest BCUT2D eigenvalue weighted by Gasteiger charge is -2.27. The van der Waals surface area contributed by atoms with Crippen LogP contribution in [0.15, 0.2) is 22.7 Å². The first-order valence-electron chi connectivity index (χ1n) is 6.77. The van der Waals surface area contributed by atoms with E-state index in [4.69, 9.17) is 4.74 Å². The molecule has 124 valence electrons. The van der Waals surface area contributed by atoms with Gasteiger partial charge in [-0.1, -0.05) is 15.9 Å². The number of nitrogens with zero attached hydrogens (tertiary/aromatic N) is 1. The van der Waals surface area contributed by atoms with Gasteiger partial charge in [0.1, 0.15) is 5.60 Å². The number of carbonyl (C=O) groups excluding carboxylic acids is 1. The first-order chi connectivity index (χ1) is 9.94.